The van der Waals surface area contributed by atoms with Gasteiger partial charge in [-0.1, -0.05) is 32.9 Å². The number of piperidine rings is 1. The summed E-state index contributed by atoms with van der Waals surface area (Å²) in [5.74, 6) is 0.351. The zero-order chi connectivity index (χ0) is 17.9. The lowest BCUT2D eigenvalue weighted by Gasteiger charge is -2.31. The van der Waals surface area contributed by atoms with E-state index in [4.69, 9.17) is 9.26 Å². The fraction of sp³-hybridized carbons (Fsp3) is 0.765. The molecular formula is C17H27N3O4. The molecule has 0 aliphatic carbocycles. The molecule has 2 rings (SSSR count). The zero-order valence-corrected chi connectivity index (χ0v) is 15.2. The Morgan fingerprint density at radius 2 is 2.12 bits per heavy atom. The Morgan fingerprint density at radius 1 is 1.42 bits per heavy atom. The van der Waals surface area contributed by atoms with E-state index in [9.17, 15) is 9.59 Å². The van der Waals surface area contributed by atoms with Crippen LogP contribution in [-0.2, 0) is 19.7 Å². The summed E-state index contributed by atoms with van der Waals surface area (Å²) < 4.78 is 10.7. The van der Waals surface area contributed by atoms with Crippen molar-refractivity contribution < 1.29 is 18.8 Å². The number of carbonyl (C=O) groups is 2. The number of hydrogen-bond donors (Lipinski definition) is 0. The van der Waals surface area contributed by atoms with Gasteiger partial charge in [-0.05, 0) is 19.8 Å². The lowest BCUT2D eigenvalue weighted by molar-refractivity contribution is -0.157. The first-order chi connectivity index (χ1) is 11.2. The van der Waals surface area contributed by atoms with Gasteiger partial charge in [0.15, 0.2) is 11.9 Å². The third kappa shape index (κ3) is 4.33. The molecule has 1 aromatic rings. The van der Waals surface area contributed by atoms with E-state index >= 15 is 0 Å². The first kappa shape index (κ1) is 18.4. The molecule has 134 valence electrons. The van der Waals surface area contributed by atoms with Crippen LogP contribution in [0.3, 0.4) is 0 Å². The number of rotatable bonds is 4. The van der Waals surface area contributed by atoms with Crippen molar-refractivity contribution in [3.05, 3.63) is 11.7 Å². The van der Waals surface area contributed by atoms with Crippen molar-refractivity contribution in [2.24, 2.45) is 5.92 Å². The predicted molar refractivity (Wildman–Crippen MR) is 87.1 cm³/mol. The molecule has 2 unspecified atom stereocenters. The van der Waals surface area contributed by atoms with Crippen LogP contribution in [0.1, 0.15) is 71.7 Å². The highest BCUT2D eigenvalue weighted by Crippen LogP contribution is 2.25. The minimum atomic E-state index is -0.599. The Bertz CT molecular complexity index is 591. The molecule has 2 heterocycles. The number of hydrogen-bond acceptors (Lipinski definition) is 6. The number of carbonyl (C=O) groups excluding carboxylic acids is 2. The number of aromatic nitrogens is 2. The summed E-state index contributed by atoms with van der Waals surface area (Å²) in [5, 5.41) is 3.94. The van der Waals surface area contributed by atoms with Crippen LogP contribution in [0, 0.1) is 5.92 Å². The minimum Gasteiger partial charge on any atom is -0.452 e. The summed E-state index contributed by atoms with van der Waals surface area (Å²) in [6.45, 7) is 10.6. The summed E-state index contributed by atoms with van der Waals surface area (Å²) in [6.07, 6.45) is 1.40. The van der Waals surface area contributed by atoms with E-state index in [0.29, 0.717) is 31.2 Å². The van der Waals surface area contributed by atoms with Crippen LogP contribution in [0.25, 0.3) is 0 Å². The van der Waals surface area contributed by atoms with Gasteiger partial charge < -0.3 is 14.2 Å². The first-order valence-corrected chi connectivity index (χ1v) is 8.54. The third-order valence-electron chi connectivity index (χ3n) is 4.16. The van der Waals surface area contributed by atoms with Crippen molar-refractivity contribution in [2.45, 2.75) is 65.4 Å². The Balaban J connectivity index is 1.96. The molecule has 1 aliphatic rings. The maximum atomic E-state index is 12.4. The molecule has 0 aromatic carbocycles. The summed E-state index contributed by atoms with van der Waals surface area (Å²) in [7, 11) is 0. The average molecular weight is 337 g/mol. The lowest BCUT2D eigenvalue weighted by Crippen LogP contribution is -2.42. The van der Waals surface area contributed by atoms with Gasteiger partial charge in [-0.2, -0.15) is 4.98 Å². The number of nitrogens with zero attached hydrogens (tertiary/aromatic N) is 3. The molecule has 7 nitrogen and oxygen atoms in total. The van der Waals surface area contributed by atoms with Crippen LogP contribution in [0.15, 0.2) is 4.52 Å². The monoisotopic (exact) mass is 337 g/mol. The van der Waals surface area contributed by atoms with Gasteiger partial charge in [0.1, 0.15) is 0 Å². The summed E-state index contributed by atoms with van der Waals surface area (Å²) in [5.41, 5.74) is -0.226. The maximum Gasteiger partial charge on any atom is 0.311 e. The van der Waals surface area contributed by atoms with Crippen LogP contribution < -0.4 is 0 Å². The van der Waals surface area contributed by atoms with Crippen LogP contribution in [0.5, 0.6) is 0 Å². The van der Waals surface area contributed by atoms with Crippen LogP contribution in [0.2, 0.25) is 0 Å². The van der Waals surface area contributed by atoms with E-state index in [0.717, 1.165) is 12.8 Å². The molecule has 1 aromatic heterocycles. The van der Waals surface area contributed by atoms with Crippen LogP contribution >= 0.6 is 0 Å². The largest absolute Gasteiger partial charge is 0.452 e. The molecule has 0 N–H and O–H groups in total. The van der Waals surface area contributed by atoms with Crippen molar-refractivity contribution in [3.63, 3.8) is 0 Å². The topological polar surface area (TPSA) is 85.5 Å². The molecule has 0 spiro atoms. The molecule has 1 amide bonds. The molecule has 2 atom stereocenters. The van der Waals surface area contributed by atoms with E-state index < -0.39 is 6.10 Å². The highest BCUT2D eigenvalue weighted by molar-refractivity contribution is 5.78. The SMILES string of the molecule is CCC(=O)N1CCCC(C(=O)OC(C)c2nc(C(C)(C)C)no2)C1. The molecule has 7 heteroatoms. The van der Waals surface area contributed by atoms with Gasteiger partial charge in [0.05, 0.1) is 5.92 Å². The molecular weight excluding hydrogens is 310 g/mol. The second-order valence-corrected chi connectivity index (χ2v) is 7.32. The van der Waals surface area contributed by atoms with Gasteiger partial charge in [-0.15, -0.1) is 0 Å². The van der Waals surface area contributed by atoms with E-state index in [-0.39, 0.29) is 23.2 Å². The van der Waals surface area contributed by atoms with E-state index in [1.807, 2.05) is 27.7 Å². The van der Waals surface area contributed by atoms with Gasteiger partial charge in [-0.3, -0.25) is 9.59 Å². The molecule has 1 aliphatic heterocycles. The van der Waals surface area contributed by atoms with Gasteiger partial charge in [-0.25, -0.2) is 0 Å². The molecule has 0 saturated carbocycles. The minimum absolute atomic E-state index is 0.0762. The Morgan fingerprint density at radius 3 is 2.71 bits per heavy atom. The molecule has 1 fully saturated rings. The second-order valence-electron chi connectivity index (χ2n) is 7.32. The molecule has 0 radical (unpaired) electrons. The van der Waals surface area contributed by atoms with Crippen molar-refractivity contribution in [2.75, 3.05) is 13.1 Å². The summed E-state index contributed by atoms with van der Waals surface area (Å²) in [4.78, 5) is 30.3. The number of amides is 1. The van der Waals surface area contributed by atoms with Gasteiger partial charge in [0.2, 0.25) is 5.91 Å². The quantitative estimate of drug-likeness (QED) is 0.785. The highest BCUT2D eigenvalue weighted by Gasteiger charge is 2.31. The standard InChI is InChI=1S/C17H27N3O4/c1-6-13(21)20-9-7-8-12(10-20)15(22)23-11(2)14-18-16(19-24-14)17(3,4)5/h11-12H,6-10H2,1-5H3. The molecule has 1 saturated heterocycles. The molecule has 24 heavy (non-hydrogen) atoms. The summed E-state index contributed by atoms with van der Waals surface area (Å²) >= 11 is 0. The summed E-state index contributed by atoms with van der Waals surface area (Å²) in [6, 6.07) is 0. The fourth-order valence-electron chi connectivity index (χ4n) is 2.65. The molecule has 0 bridgehead atoms. The third-order valence-corrected chi connectivity index (χ3v) is 4.16. The van der Waals surface area contributed by atoms with E-state index in [1.165, 1.54) is 0 Å². The number of ether oxygens (including phenoxy) is 1. The lowest BCUT2D eigenvalue weighted by atomic mass is 9.96. The maximum absolute atomic E-state index is 12.4. The van der Waals surface area contributed by atoms with Crippen LogP contribution in [0.4, 0.5) is 0 Å². The van der Waals surface area contributed by atoms with Crippen LogP contribution in [-0.4, -0.2) is 40.0 Å². The van der Waals surface area contributed by atoms with E-state index in [2.05, 4.69) is 10.1 Å². The number of likely N-dealkylation sites (tertiary alicyclic amines) is 1. The fourth-order valence-corrected chi connectivity index (χ4v) is 2.65. The predicted octanol–water partition coefficient (Wildman–Crippen LogP) is 2.62. The van der Waals surface area contributed by atoms with Gasteiger partial charge in [0.25, 0.3) is 5.89 Å². The zero-order valence-electron chi connectivity index (χ0n) is 15.2. The van der Waals surface area contributed by atoms with Crippen molar-refractivity contribution in [1.29, 1.82) is 0 Å². The second kappa shape index (κ2) is 7.32. The van der Waals surface area contributed by atoms with Crippen molar-refractivity contribution in [1.82, 2.24) is 15.0 Å². The Hall–Kier alpha value is -1.92. The van der Waals surface area contributed by atoms with Gasteiger partial charge >= 0.3 is 5.97 Å². The van der Waals surface area contributed by atoms with E-state index in [1.54, 1.807) is 11.8 Å². The average Bonchev–Trinajstić information content (AvgIpc) is 3.04. The number of esters is 1. The Kier molecular flexibility index (Phi) is 5.62. The normalized spacial score (nSPS) is 19.9. The highest BCUT2D eigenvalue weighted by atomic mass is 16.6. The van der Waals surface area contributed by atoms with Crippen molar-refractivity contribution >= 4 is 11.9 Å². The first-order valence-electron chi connectivity index (χ1n) is 8.54. The van der Waals surface area contributed by atoms with Crippen molar-refractivity contribution in [3.8, 4) is 0 Å². The van der Waals surface area contributed by atoms with Gasteiger partial charge in [0, 0.05) is 24.9 Å². The Labute approximate surface area is 142 Å². The smallest absolute Gasteiger partial charge is 0.311 e.